The number of anilines is 1. The molecule has 0 saturated heterocycles. The summed E-state index contributed by atoms with van der Waals surface area (Å²) in [5, 5.41) is 0. The summed E-state index contributed by atoms with van der Waals surface area (Å²) in [5.74, 6) is -0.621. The molecule has 2 aromatic heterocycles. The summed E-state index contributed by atoms with van der Waals surface area (Å²) in [6, 6.07) is 4.76. The number of nitrogens with two attached hydrogens (primary N) is 1. The first kappa shape index (κ1) is 13.8. The second kappa shape index (κ2) is 4.98. The van der Waals surface area contributed by atoms with E-state index < -0.39 is 11.9 Å². The third-order valence-electron chi connectivity index (χ3n) is 3.61. The third kappa shape index (κ3) is 2.68. The van der Waals surface area contributed by atoms with Crippen molar-refractivity contribution in [3.05, 3.63) is 47.0 Å². The quantitative estimate of drug-likeness (QED) is 0.878. The topological polar surface area (TPSA) is 64.7 Å². The van der Waals surface area contributed by atoms with E-state index in [1.54, 1.807) is 6.20 Å². The highest BCUT2D eigenvalue weighted by atomic mass is 19.4. The lowest BCUT2D eigenvalue weighted by atomic mass is 9.84. The highest BCUT2D eigenvalue weighted by Crippen LogP contribution is 2.36. The van der Waals surface area contributed by atoms with Crippen molar-refractivity contribution in [2.24, 2.45) is 0 Å². The molecule has 2 heterocycles. The summed E-state index contributed by atoms with van der Waals surface area (Å²) >= 11 is 0. The van der Waals surface area contributed by atoms with Gasteiger partial charge in [-0.2, -0.15) is 13.2 Å². The fourth-order valence-electron chi connectivity index (χ4n) is 2.71. The van der Waals surface area contributed by atoms with Gasteiger partial charge < -0.3 is 5.73 Å². The SMILES string of the molecule is Nc1nc(C2CCCc3cccnc32)cc(C(F)(F)F)n1. The molecule has 3 rings (SSSR count). The number of halogens is 3. The molecule has 2 aromatic rings. The van der Waals surface area contributed by atoms with Gasteiger partial charge in [-0.3, -0.25) is 4.98 Å². The van der Waals surface area contributed by atoms with Gasteiger partial charge in [-0.25, -0.2) is 9.97 Å². The highest BCUT2D eigenvalue weighted by Gasteiger charge is 2.35. The van der Waals surface area contributed by atoms with Gasteiger partial charge in [0.15, 0.2) is 0 Å². The maximum Gasteiger partial charge on any atom is 0.433 e. The predicted molar refractivity (Wildman–Crippen MR) is 70.5 cm³/mol. The number of rotatable bonds is 1. The molecule has 7 heteroatoms. The second-order valence-corrected chi connectivity index (χ2v) is 5.03. The fourth-order valence-corrected chi connectivity index (χ4v) is 2.71. The van der Waals surface area contributed by atoms with Crippen molar-refractivity contribution in [3.63, 3.8) is 0 Å². The zero-order valence-electron chi connectivity index (χ0n) is 11.1. The van der Waals surface area contributed by atoms with Crippen LogP contribution in [0.15, 0.2) is 24.4 Å². The largest absolute Gasteiger partial charge is 0.433 e. The molecule has 0 bridgehead atoms. The molecule has 2 N–H and O–H groups in total. The van der Waals surface area contributed by atoms with Gasteiger partial charge >= 0.3 is 6.18 Å². The van der Waals surface area contributed by atoms with Gasteiger partial charge in [0, 0.05) is 12.1 Å². The fraction of sp³-hybridized carbons (Fsp3) is 0.357. The van der Waals surface area contributed by atoms with Crippen LogP contribution in [0.25, 0.3) is 0 Å². The monoisotopic (exact) mass is 294 g/mol. The molecule has 0 fully saturated rings. The Morgan fingerprint density at radius 2 is 2.05 bits per heavy atom. The van der Waals surface area contributed by atoms with Crippen molar-refractivity contribution in [1.82, 2.24) is 15.0 Å². The zero-order chi connectivity index (χ0) is 15.0. The minimum Gasteiger partial charge on any atom is -0.368 e. The molecular weight excluding hydrogens is 281 g/mol. The van der Waals surface area contributed by atoms with Gasteiger partial charge in [0.05, 0.1) is 11.4 Å². The predicted octanol–water partition coefficient (Wildman–Crippen LogP) is 2.94. The van der Waals surface area contributed by atoms with Gasteiger partial charge in [-0.15, -0.1) is 0 Å². The molecule has 0 radical (unpaired) electrons. The van der Waals surface area contributed by atoms with Crippen LogP contribution >= 0.6 is 0 Å². The summed E-state index contributed by atoms with van der Waals surface area (Å²) < 4.78 is 38.5. The summed E-state index contributed by atoms with van der Waals surface area (Å²) in [7, 11) is 0. The average molecular weight is 294 g/mol. The third-order valence-corrected chi connectivity index (χ3v) is 3.61. The molecule has 4 nitrogen and oxygen atoms in total. The smallest absolute Gasteiger partial charge is 0.368 e. The first-order chi connectivity index (χ1) is 9.95. The van der Waals surface area contributed by atoms with E-state index in [-0.39, 0.29) is 17.6 Å². The van der Waals surface area contributed by atoms with Crippen molar-refractivity contribution in [2.75, 3.05) is 5.73 Å². The number of fused-ring (bicyclic) bond motifs is 1. The lowest BCUT2D eigenvalue weighted by Crippen LogP contribution is -2.18. The Bertz CT molecular complexity index is 670. The maximum atomic E-state index is 12.8. The summed E-state index contributed by atoms with van der Waals surface area (Å²) in [5.41, 5.74) is 6.56. The van der Waals surface area contributed by atoms with Gasteiger partial charge in [-0.05, 0) is 37.0 Å². The molecule has 1 aliphatic carbocycles. The molecule has 1 atom stereocenters. The van der Waals surface area contributed by atoms with Gasteiger partial charge in [-0.1, -0.05) is 6.07 Å². The molecule has 0 aromatic carbocycles. The summed E-state index contributed by atoms with van der Waals surface area (Å²) in [6.45, 7) is 0. The van der Waals surface area contributed by atoms with Crippen molar-refractivity contribution in [3.8, 4) is 0 Å². The van der Waals surface area contributed by atoms with Crippen molar-refractivity contribution in [1.29, 1.82) is 0 Å². The number of pyridine rings is 1. The first-order valence-electron chi connectivity index (χ1n) is 6.60. The summed E-state index contributed by atoms with van der Waals surface area (Å²) in [6.07, 6.45) is -0.418. The Morgan fingerprint density at radius 3 is 2.81 bits per heavy atom. The molecule has 1 aliphatic rings. The van der Waals surface area contributed by atoms with Crippen molar-refractivity contribution in [2.45, 2.75) is 31.4 Å². The number of hydrogen-bond acceptors (Lipinski definition) is 4. The zero-order valence-corrected chi connectivity index (χ0v) is 11.1. The lowest BCUT2D eigenvalue weighted by molar-refractivity contribution is -0.141. The van der Waals surface area contributed by atoms with E-state index in [9.17, 15) is 13.2 Å². The van der Waals surface area contributed by atoms with E-state index in [1.165, 1.54) is 0 Å². The molecule has 21 heavy (non-hydrogen) atoms. The lowest BCUT2D eigenvalue weighted by Gasteiger charge is -2.24. The Hall–Kier alpha value is -2.18. The van der Waals surface area contributed by atoms with Crippen LogP contribution in [0.1, 0.15) is 41.4 Å². The normalized spacial score (nSPS) is 18.3. The molecule has 0 aliphatic heterocycles. The molecule has 110 valence electrons. The Kier molecular flexibility index (Phi) is 3.27. The highest BCUT2D eigenvalue weighted by molar-refractivity contribution is 5.35. The van der Waals surface area contributed by atoms with Crippen molar-refractivity contribution < 1.29 is 13.2 Å². The van der Waals surface area contributed by atoms with Gasteiger partial charge in [0.1, 0.15) is 5.69 Å². The number of alkyl halides is 3. The van der Waals surface area contributed by atoms with Crippen LogP contribution in [0.2, 0.25) is 0 Å². The number of nitrogen functional groups attached to an aromatic ring is 1. The molecule has 0 saturated carbocycles. The van der Waals surface area contributed by atoms with Gasteiger partial charge in [0.25, 0.3) is 0 Å². The van der Waals surface area contributed by atoms with Crippen LogP contribution in [-0.4, -0.2) is 15.0 Å². The van der Waals surface area contributed by atoms with Crippen LogP contribution in [-0.2, 0) is 12.6 Å². The van der Waals surface area contributed by atoms with Crippen molar-refractivity contribution >= 4 is 5.95 Å². The average Bonchev–Trinajstić information content (AvgIpc) is 2.45. The van der Waals surface area contributed by atoms with Gasteiger partial charge in [0.2, 0.25) is 5.95 Å². The van der Waals surface area contributed by atoms with E-state index in [4.69, 9.17) is 5.73 Å². The number of aryl methyl sites for hydroxylation is 1. The number of nitrogens with zero attached hydrogens (tertiary/aromatic N) is 3. The Morgan fingerprint density at radius 1 is 1.24 bits per heavy atom. The molecular formula is C14H13F3N4. The van der Waals surface area contributed by atoms with E-state index in [0.29, 0.717) is 6.42 Å². The minimum absolute atomic E-state index is 0.263. The second-order valence-electron chi connectivity index (χ2n) is 5.03. The number of aromatic nitrogens is 3. The minimum atomic E-state index is -4.53. The van der Waals surface area contributed by atoms with E-state index >= 15 is 0 Å². The van der Waals surface area contributed by atoms with Crippen LogP contribution in [0, 0.1) is 0 Å². The standard InChI is InChI=1S/C14H13F3N4/c15-14(16,17)11-7-10(20-13(18)21-11)9-5-1-3-8-4-2-6-19-12(8)9/h2,4,6-7,9H,1,3,5H2,(H2,18,20,21). The van der Waals surface area contributed by atoms with E-state index in [0.717, 1.165) is 30.2 Å². The van der Waals surface area contributed by atoms with Crippen LogP contribution in [0.4, 0.5) is 19.1 Å². The van der Waals surface area contributed by atoms with E-state index in [1.807, 2.05) is 12.1 Å². The molecule has 0 spiro atoms. The molecule has 1 unspecified atom stereocenters. The van der Waals surface area contributed by atoms with Crippen LogP contribution in [0.5, 0.6) is 0 Å². The van der Waals surface area contributed by atoms with Crippen LogP contribution < -0.4 is 5.73 Å². The maximum absolute atomic E-state index is 12.8. The Labute approximate surface area is 119 Å². The summed E-state index contributed by atoms with van der Waals surface area (Å²) in [4.78, 5) is 11.6. The first-order valence-corrected chi connectivity index (χ1v) is 6.60. The van der Waals surface area contributed by atoms with Crippen LogP contribution in [0.3, 0.4) is 0 Å². The molecule has 0 amide bonds. The number of hydrogen-bond donors (Lipinski definition) is 1. The Balaban J connectivity index is 2.08. The van der Waals surface area contributed by atoms with E-state index in [2.05, 4.69) is 15.0 Å².